The summed E-state index contributed by atoms with van der Waals surface area (Å²) in [5, 5.41) is 7.48. The highest BCUT2D eigenvalue weighted by atomic mass is 19.1. The van der Waals surface area contributed by atoms with Crippen LogP contribution in [0.5, 0.6) is 0 Å². The maximum absolute atomic E-state index is 14.0. The van der Waals surface area contributed by atoms with Crippen LogP contribution in [-0.2, 0) is 6.54 Å². The number of nitrogens with one attached hydrogen (secondary N) is 1. The van der Waals surface area contributed by atoms with E-state index in [1.165, 1.54) is 12.1 Å². The van der Waals surface area contributed by atoms with Gasteiger partial charge in [-0.3, -0.25) is 5.41 Å². The van der Waals surface area contributed by atoms with Crippen molar-refractivity contribution >= 4 is 5.84 Å². The summed E-state index contributed by atoms with van der Waals surface area (Å²) in [5.74, 6) is -0.883. The predicted octanol–water partition coefficient (Wildman–Crippen LogP) is 3.16. The summed E-state index contributed by atoms with van der Waals surface area (Å²) in [6.45, 7) is 0.438. The van der Waals surface area contributed by atoms with Crippen molar-refractivity contribution in [3.8, 4) is 11.4 Å². The Kier molecular flexibility index (Phi) is 3.89. The second kappa shape index (κ2) is 6.00. The Morgan fingerprint density at radius 3 is 2.74 bits per heavy atom. The first-order chi connectivity index (χ1) is 11.0. The molecule has 6 heteroatoms. The van der Waals surface area contributed by atoms with Crippen LogP contribution in [0.1, 0.15) is 11.1 Å². The lowest BCUT2D eigenvalue weighted by Crippen LogP contribution is -2.11. The van der Waals surface area contributed by atoms with Gasteiger partial charge in [0, 0.05) is 30.6 Å². The van der Waals surface area contributed by atoms with Crippen LogP contribution in [0.25, 0.3) is 11.4 Å². The van der Waals surface area contributed by atoms with Gasteiger partial charge in [0.05, 0.1) is 5.56 Å². The zero-order valence-corrected chi connectivity index (χ0v) is 12.1. The van der Waals surface area contributed by atoms with E-state index in [1.54, 1.807) is 35.2 Å². The molecule has 0 fully saturated rings. The number of imidazole rings is 1. The van der Waals surface area contributed by atoms with Gasteiger partial charge in [-0.25, -0.2) is 13.8 Å². The van der Waals surface area contributed by atoms with Crippen molar-refractivity contribution in [2.24, 2.45) is 5.73 Å². The zero-order chi connectivity index (χ0) is 16.4. The Bertz CT molecular complexity index is 871. The van der Waals surface area contributed by atoms with Crippen LogP contribution in [0.2, 0.25) is 0 Å². The van der Waals surface area contributed by atoms with Crippen molar-refractivity contribution in [1.82, 2.24) is 9.55 Å². The molecule has 0 amide bonds. The molecule has 0 spiro atoms. The molecule has 0 atom stereocenters. The summed E-state index contributed by atoms with van der Waals surface area (Å²) in [5.41, 5.74) is 7.25. The topological polar surface area (TPSA) is 67.7 Å². The monoisotopic (exact) mass is 312 g/mol. The quantitative estimate of drug-likeness (QED) is 0.574. The van der Waals surface area contributed by atoms with Crippen LogP contribution in [0.15, 0.2) is 54.9 Å². The number of hydrogen-bond donors (Lipinski definition) is 2. The van der Waals surface area contributed by atoms with Gasteiger partial charge in [0.2, 0.25) is 0 Å². The third-order valence-corrected chi connectivity index (χ3v) is 3.48. The molecule has 0 aliphatic heterocycles. The summed E-state index contributed by atoms with van der Waals surface area (Å²) in [6.07, 6.45) is 3.28. The standard InChI is InChI=1S/C17H14F2N4/c18-13-4-5-14(15(19)9-13)17-22-6-7-23(17)10-11-2-1-3-12(8-11)16(20)21/h1-9H,10H2,(H3,20,21). The minimum Gasteiger partial charge on any atom is -0.384 e. The fourth-order valence-corrected chi connectivity index (χ4v) is 2.39. The van der Waals surface area contributed by atoms with Gasteiger partial charge in [-0.2, -0.15) is 0 Å². The van der Waals surface area contributed by atoms with E-state index in [9.17, 15) is 8.78 Å². The summed E-state index contributed by atoms with van der Waals surface area (Å²) in [7, 11) is 0. The predicted molar refractivity (Wildman–Crippen MR) is 84.1 cm³/mol. The Balaban J connectivity index is 1.95. The summed E-state index contributed by atoms with van der Waals surface area (Å²) < 4.78 is 28.8. The molecule has 0 saturated heterocycles. The van der Waals surface area contributed by atoms with Gasteiger partial charge in [0.25, 0.3) is 0 Å². The van der Waals surface area contributed by atoms with E-state index < -0.39 is 11.6 Å². The Morgan fingerprint density at radius 2 is 2.00 bits per heavy atom. The summed E-state index contributed by atoms with van der Waals surface area (Å²) >= 11 is 0. The van der Waals surface area contributed by atoms with Crippen LogP contribution in [-0.4, -0.2) is 15.4 Å². The lowest BCUT2D eigenvalue weighted by molar-refractivity contribution is 0.584. The molecule has 0 aliphatic carbocycles. The molecule has 2 aromatic carbocycles. The van der Waals surface area contributed by atoms with Crippen molar-refractivity contribution in [2.75, 3.05) is 0 Å². The first kappa shape index (κ1) is 14.9. The molecule has 1 aromatic heterocycles. The van der Waals surface area contributed by atoms with Crippen LogP contribution in [0.4, 0.5) is 8.78 Å². The zero-order valence-electron chi connectivity index (χ0n) is 12.1. The Morgan fingerprint density at radius 1 is 1.17 bits per heavy atom. The number of amidine groups is 1. The van der Waals surface area contributed by atoms with E-state index in [0.717, 1.165) is 11.6 Å². The first-order valence-electron chi connectivity index (χ1n) is 6.94. The van der Waals surface area contributed by atoms with E-state index in [2.05, 4.69) is 4.98 Å². The number of nitrogens with zero attached hydrogens (tertiary/aromatic N) is 2. The van der Waals surface area contributed by atoms with Crippen LogP contribution >= 0.6 is 0 Å². The molecule has 3 rings (SSSR count). The molecule has 0 saturated carbocycles. The average Bonchev–Trinajstić information content (AvgIpc) is 2.95. The highest BCUT2D eigenvalue weighted by Gasteiger charge is 2.12. The van der Waals surface area contributed by atoms with E-state index in [1.807, 2.05) is 6.07 Å². The Hall–Kier alpha value is -3.02. The number of hydrogen-bond acceptors (Lipinski definition) is 2. The average molecular weight is 312 g/mol. The molecular weight excluding hydrogens is 298 g/mol. The van der Waals surface area contributed by atoms with Gasteiger partial charge in [0.15, 0.2) is 0 Å². The fourth-order valence-electron chi connectivity index (χ4n) is 2.39. The van der Waals surface area contributed by atoms with Gasteiger partial charge in [-0.05, 0) is 23.8 Å². The minimum absolute atomic E-state index is 0.0118. The van der Waals surface area contributed by atoms with Crippen molar-refractivity contribution in [3.63, 3.8) is 0 Å². The molecule has 116 valence electrons. The van der Waals surface area contributed by atoms with Crippen LogP contribution in [0.3, 0.4) is 0 Å². The third-order valence-electron chi connectivity index (χ3n) is 3.48. The molecule has 3 N–H and O–H groups in total. The second-order valence-corrected chi connectivity index (χ2v) is 5.12. The van der Waals surface area contributed by atoms with Crippen molar-refractivity contribution in [1.29, 1.82) is 5.41 Å². The number of benzene rings is 2. The summed E-state index contributed by atoms with van der Waals surface area (Å²) in [6, 6.07) is 10.7. The molecule has 0 aliphatic rings. The van der Waals surface area contributed by atoms with Crippen LogP contribution in [0, 0.1) is 17.0 Å². The number of nitrogen functional groups attached to an aromatic ring is 1. The van der Waals surface area contributed by atoms with Crippen molar-refractivity contribution < 1.29 is 8.78 Å². The molecule has 0 unspecified atom stereocenters. The lowest BCUT2D eigenvalue weighted by atomic mass is 10.1. The van der Waals surface area contributed by atoms with Gasteiger partial charge in [-0.15, -0.1) is 0 Å². The van der Waals surface area contributed by atoms with Gasteiger partial charge < -0.3 is 10.3 Å². The SMILES string of the molecule is N=C(N)c1cccc(Cn2ccnc2-c2ccc(F)cc2F)c1. The Labute approximate surface area is 131 Å². The molecule has 3 aromatic rings. The molecule has 1 heterocycles. The second-order valence-electron chi connectivity index (χ2n) is 5.12. The minimum atomic E-state index is -0.657. The van der Waals surface area contributed by atoms with Crippen molar-refractivity contribution in [3.05, 3.63) is 77.6 Å². The first-order valence-corrected chi connectivity index (χ1v) is 6.94. The fraction of sp³-hybridized carbons (Fsp3) is 0.0588. The maximum Gasteiger partial charge on any atom is 0.143 e. The highest BCUT2D eigenvalue weighted by Crippen LogP contribution is 2.23. The highest BCUT2D eigenvalue weighted by molar-refractivity contribution is 5.95. The van der Waals surface area contributed by atoms with E-state index in [-0.39, 0.29) is 11.4 Å². The molecular formula is C17H14F2N4. The third kappa shape index (κ3) is 3.11. The van der Waals surface area contributed by atoms with Crippen molar-refractivity contribution in [2.45, 2.75) is 6.54 Å². The van der Waals surface area contributed by atoms with E-state index in [0.29, 0.717) is 17.9 Å². The number of halogens is 2. The van der Waals surface area contributed by atoms with E-state index >= 15 is 0 Å². The smallest absolute Gasteiger partial charge is 0.143 e. The number of aromatic nitrogens is 2. The van der Waals surface area contributed by atoms with Gasteiger partial charge in [-0.1, -0.05) is 18.2 Å². The summed E-state index contributed by atoms with van der Waals surface area (Å²) in [4.78, 5) is 4.16. The lowest BCUT2D eigenvalue weighted by Gasteiger charge is -2.10. The molecule has 0 radical (unpaired) electrons. The van der Waals surface area contributed by atoms with E-state index in [4.69, 9.17) is 11.1 Å². The molecule has 0 bridgehead atoms. The van der Waals surface area contributed by atoms with Crippen LogP contribution < -0.4 is 5.73 Å². The maximum atomic E-state index is 14.0. The molecule has 23 heavy (non-hydrogen) atoms. The molecule has 4 nitrogen and oxygen atoms in total. The number of nitrogens with two attached hydrogens (primary N) is 1. The largest absolute Gasteiger partial charge is 0.384 e. The van der Waals surface area contributed by atoms with Gasteiger partial charge in [0.1, 0.15) is 23.3 Å². The number of rotatable bonds is 4. The van der Waals surface area contributed by atoms with Gasteiger partial charge >= 0.3 is 0 Å². The normalized spacial score (nSPS) is 10.7.